The van der Waals surface area contributed by atoms with Gasteiger partial charge < -0.3 is 10.1 Å². The number of rotatable bonds is 6. The van der Waals surface area contributed by atoms with Gasteiger partial charge in [-0.1, -0.05) is 58.1 Å². The Hall–Kier alpha value is -2.94. The Bertz CT molecular complexity index is 1380. The molecule has 0 atom stereocenters. The molecule has 1 aliphatic rings. The molecule has 0 saturated carbocycles. The van der Waals surface area contributed by atoms with E-state index in [-0.39, 0.29) is 18.4 Å². The van der Waals surface area contributed by atoms with Crippen LogP contribution in [0.5, 0.6) is 5.75 Å². The summed E-state index contributed by atoms with van der Waals surface area (Å²) in [5.74, 6) is 0.195. The minimum Gasteiger partial charge on any atom is -0.484 e. The average Bonchev–Trinajstić information content (AvgIpc) is 3.10. The van der Waals surface area contributed by atoms with Gasteiger partial charge in [-0.05, 0) is 98.0 Å². The van der Waals surface area contributed by atoms with Crippen molar-refractivity contribution in [3.8, 4) is 5.75 Å². The Morgan fingerprint density at radius 3 is 2.31 bits per heavy atom. The topological polar surface area (TPSA) is 58.6 Å². The molecule has 0 aliphatic carbocycles. The predicted octanol–water partition coefficient (Wildman–Crippen LogP) is 7.11. The molecule has 184 valence electrons. The molecule has 36 heavy (non-hydrogen) atoms. The maximum atomic E-state index is 13.1. The molecule has 0 radical (unpaired) electrons. The van der Waals surface area contributed by atoms with Crippen molar-refractivity contribution < 1.29 is 14.3 Å². The van der Waals surface area contributed by atoms with Crippen LogP contribution in [0.1, 0.15) is 27.8 Å². The number of carbonyl (C=O) groups is 2. The Morgan fingerprint density at radius 1 is 1.00 bits per heavy atom. The van der Waals surface area contributed by atoms with E-state index >= 15 is 0 Å². The first-order valence-corrected chi connectivity index (χ1v) is 13.3. The maximum Gasteiger partial charge on any atom is 0.270 e. The second kappa shape index (κ2) is 11.0. The number of aryl methyl sites for hydroxylation is 4. The summed E-state index contributed by atoms with van der Waals surface area (Å²) in [6.07, 6.45) is 1.82. The summed E-state index contributed by atoms with van der Waals surface area (Å²) < 4.78 is 7.14. The Labute approximate surface area is 229 Å². The highest BCUT2D eigenvalue weighted by Crippen LogP contribution is 2.36. The Morgan fingerprint density at radius 2 is 1.67 bits per heavy atom. The molecule has 2 amide bonds. The van der Waals surface area contributed by atoms with E-state index in [2.05, 4.69) is 21.2 Å². The molecule has 1 aliphatic heterocycles. The molecule has 0 spiro atoms. The molecule has 3 aromatic rings. The standard InChI is InChI=1S/C28H25BrN2O3S2/c1-16-5-8-22(13-17(16)2)31-27(33)24(36-28(31)35)14-20-6-9-23(10-7-20)34-15-25(32)30-26-18(3)11-21(29)12-19(26)4/h5-14H,15H2,1-4H3,(H,30,32)/b24-14-. The van der Waals surface area contributed by atoms with Crippen LogP contribution in [0.25, 0.3) is 6.08 Å². The average molecular weight is 582 g/mol. The van der Waals surface area contributed by atoms with Crippen LogP contribution in [-0.4, -0.2) is 22.7 Å². The minimum atomic E-state index is -0.234. The van der Waals surface area contributed by atoms with Gasteiger partial charge in [0.05, 0.1) is 10.6 Å². The van der Waals surface area contributed by atoms with Crippen molar-refractivity contribution in [1.82, 2.24) is 0 Å². The molecule has 0 aromatic heterocycles. The first-order valence-electron chi connectivity index (χ1n) is 11.3. The van der Waals surface area contributed by atoms with Crippen molar-refractivity contribution in [2.24, 2.45) is 0 Å². The van der Waals surface area contributed by atoms with Gasteiger partial charge >= 0.3 is 0 Å². The number of nitrogens with zero attached hydrogens (tertiary/aromatic N) is 1. The van der Waals surface area contributed by atoms with Crippen molar-refractivity contribution >= 4 is 73.5 Å². The lowest BCUT2D eigenvalue weighted by molar-refractivity contribution is -0.118. The van der Waals surface area contributed by atoms with Gasteiger partial charge in [0.1, 0.15) is 5.75 Å². The number of benzene rings is 3. The normalized spacial score (nSPS) is 14.5. The number of ether oxygens (including phenoxy) is 1. The molecule has 1 fully saturated rings. The summed E-state index contributed by atoms with van der Waals surface area (Å²) >= 11 is 10.2. The SMILES string of the molecule is Cc1ccc(N2C(=O)/C(=C/c3ccc(OCC(=O)Nc4c(C)cc(Br)cc4C)cc3)SC2=S)cc1C. The van der Waals surface area contributed by atoms with Crippen LogP contribution in [-0.2, 0) is 9.59 Å². The van der Waals surface area contributed by atoms with Crippen molar-refractivity contribution in [3.63, 3.8) is 0 Å². The third kappa shape index (κ3) is 5.88. The molecule has 5 nitrogen and oxygen atoms in total. The van der Waals surface area contributed by atoms with Gasteiger partial charge in [0.15, 0.2) is 10.9 Å². The monoisotopic (exact) mass is 580 g/mol. The number of anilines is 2. The fraction of sp³-hybridized carbons (Fsp3) is 0.179. The summed E-state index contributed by atoms with van der Waals surface area (Å²) in [4.78, 5) is 27.6. The van der Waals surface area contributed by atoms with E-state index in [1.807, 2.05) is 76.2 Å². The molecule has 1 N–H and O–H groups in total. The number of hydrogen-bond donors (Lipinski definition) is 1. The Balaban J connectivity index is 1.39. The fourth-order valence-electron chi connectivity index (χ4n) is 3.80. The lowest BCUT2D eigenvalue weighted by Crippen LogP contribution is -2.27. The van der Waals surface area contributed by atoms with Crippen molar-refractivity contribution in [1.29, 1.82) is 0 Å². The number of nitrogens with one attached hydrogen (secondary N) is 1. The van der Waals surface area contributed by atoms with E-state index in [1.54, 1.807) is 17.0 Å². The van der Waals surface area contributed by atoms with Gasteiger partial charge in [-0.2, -0.15) is 0 Å². The van der Waals surface area contributed by atoms with E-state index in [4.69, 9.17) is 17.0 Å². The molecule has 0 bridgehead atoms. The van der Waals surface area contributed by atoms with Gasteiger partial charge in [0, 0.05) is 10.2 Å². The van der Waals surface area contributed by atoms with E-state index in [9.17, 15) is 9.59 Å². The third-order valence-corrected chi connectivity index (χ3v) is 7.61. The van der Waals surface area contributed by atoms with E-state index in [1.165, 1.54) is 11.8 Å². The Kier molecular flexibility index (Phi) is 7.97. The number of halogens is 1. The lowest BCUT2D eigenvalue weighted by Gasteiger charge is -2.15. The largest absolute Gasteiger partial charge is 0.484 e. The van der Waals surface area contributed by atoms with Crippen LogP contribution in [0.3, 0.4) is 0 Å². The highest BCUT2D eigenvalue weighted by molar-refractivity contribution is 9.10. The molecule has 3 aromatic carbocycles. The van der Waals surface area contributed by atoms with Crippen molar-refractivity contribution in [2.45, 2.75) is 27.7 Å². The number of amides is 2. The number of thiocarbonyl (C=S) groups is 1. The van der Waals surface area contributed by atoms with Crippen molar-refractivity contribution in [2.75, 3.05) is 16.8 Å². The molecule has 1 heterocycles. The molecule has 8 heteroatoms. The number of thioether (sulfide) groups is 1. The van der Waals surface area contributed by atoms with E-state index in [0.29, 0.717) is 15.0 Å². The third-order valence-electron chi connectivity index (χ3n) is 5.85. The molecule has 1 saturated heterocycles. The zero-order chi connectivity index (χ0) is 26.0. The second-order valence-corrected chi connectivity index (χ2v) is 11.2. The highest BCUT2D eigenvalue weighted by atomic mass is 79.9. The lowest BCUT2D eigenvalue weighted by atomic mass is 10.1. The summed E-state index contributed by atoms with van der Waals surface area (Å²) in [7, 11) is 0. The fourth-order valence-corrected chi connectivity index (χ4v) is 5.78. The van der Waals surface area contributed by atoms with E-state index in [0.717, 1.165) is 43.7 Å². The second-order valence-electron chi connectivity index (χ2n) is 8.61. The van der Waals surface area contributed by atoms with Crippen LogP contribution >= 0.6 is 39.9 Å². The van der Waals surface area contributed by atoms with Crippen LogP contribution in [0.2, 0.25) is 0 Å². The first kappa shape index (κ1) is 26.1. The summed E-state index contributed by atoms with van der Waals surface area (Å²) in [5, 5.41) is 2.92. The zero-order valence-electron chi connectivity index (χ0n) is 20.3. The summed E-state index contributed by atoms with van der Waals surface area (Å²) in [5.41, 5.74) is 6.63. The predicted molar refractivity (Wildman–Crippen MR) is 156 cm³/mol. The highest BCUT2D eigenvalue weighted by Gasteiger charge is 2.33. The van der Waals surface area contributed by atoms with Gasteiger partial charge in [-0.3, -0.25) is 14.5 Å². The minimum absolute atomic E-state index is 0.108. The quantitative estimate of drug-likeness (QED) is 0.249. The molecular weight excluding hydrogens is 556 g/mol. The van der Waals surface area contributed by atoms with E-state index < -0.39 is 0 Å². The van der Waals surface area contributed by atoms with Crippen LogP contribution in [0, 0.1) is 27.7 Å². The van der Waals surface area contributed by atoms with Gasteiger partial charge in [-0.15, -0.1) is 0 Å². The molecule has 4 rings (SSSR count). The van der Waals surface area contributed by atoms with Gasteiger partial charge in [0.25, 0.3) is 11.8 Å². The smallest absolute Gasteiger partial charge is 0.270 e. The maximum absolute atomic E-state index is 13.1. The first-order chi connectivity index (χ1) is 17.1. The van der Waals surface area contributed by atoms with Gasteiger partial charge in [-0.25, -0.2) is 0 Å². The van der Waals surface area contributed by atoms with Crippen LogP contribution in [0.15, 0.2) is 64.0 Å². The molecular formula is C28H25BrN2O3S2. The number of hydrogen-bond acceptors (Lipinski definition) is 5. The zero-order valence-corrected chi connectivity index (χ0v) is 23.6. The van der Waals surface area contributed by atoms with Crippen LogP contribution < -0.4 is 15.0 Å². The van der Waals surface area contributed by atoms with Gasteiger partial charge in [0.2, 0.25) is 0 Å². The summed E-state index contributed by atoms with van der Waals surface area (Å²) in [6.45, 7) is 7.84. The van der Waals surface area contributed by atoms with Crippen LogP contribution in [0.4, 0.5) is 11.4 Å². The van der Waals surface area contributed by atoms with Crippen molar-refractivity contribution in [3.05, 3.63) is 91.8 Å². The molecule has 0 unspecified atom stereocenters. The summed E-state index contributed by atoms with van der Waals surface area (Å²) in [6, 6.07) is 17.0. The number of carbonyl (C=O) groups excluding carboxylic acids is 2.